The third-order valence-corrected chi connectivity index (χ3v) is 3.13. The number of piperidine rings is 1. The molecule has 1 saturated heterocycles. The SMILES string of the molecule is Cc1cc(OC2CCNCC2)cc(C(C)C)n1. The Morgan fingerprint density at radius 3 is 2.65 bits per heavy atom. The zero-order chi connectivity index (χ0) is 12.3. The third kappa shape index (κ3) is 3.43. The molecule has 0 bridgehead atoms. The van der Waals surface area contributed by atoms with Gasteiger partial charge >= 0.3 is 0 Å². The Kier molecular flexibility index (Phi) is 4.00. The van der Waals surface area contributed by atoms with Crippen molar-refractivity contribution in [1.29, 1.82) is 0 Å². The molecule has 3 nitrogen and oxygen atoms in total. The molecular formula is C14H22N2O. The van der Waals surface area contributed by atoms with E-state index in [1.807, 2.05) is 13.0 Å². The molecular weight excluding hydrogens is 212 g/mol. The van der Waals surface area contributed by atoms with Crippen LogP contribution in [0, 0.1) is 6.92 Å². The summed E-state index contributed by atoms with van der Waals surface area (Å²) in [6, 6.07) is 4.12. The number of rotatable bonds is 3. The van der Waals surface area contributed by atoms with Gasteiger partial charge in [0, 0.05) is 23.5 Å². The molecule has 2 rings (SSSR count). The van der Waals surface area contributed by atoms with E-state index in [1.165, 1.54) is 0 Å². The van der Waals surface area contributed by atoms with E-state index in [0.29, 0.717) is 12.0 Å². The van der Waals surface area contributed by atoms with Crippen LogP contribution < -0.4 is 10.1 Å². The minimum absolute atomic E-state index is 0.359. The summed E-state index contributed by atoms with van der Waals surface area (Å²) >= 11 is 0. The van der Waals surface area contributed by atoms with Crippen LogP contribution in [0.15, 0.2) is 12.1 Å². The zero-order valence-electron chi connectivity index (χ0n) is 11.0. The standard InChI is InChI=1S/C14H22N2O/c1-10(2)14-9-13(8-11(3)16-14)17-12-4-6-15-7-5-12/h8-10,12,15H,4-7H2,1-3H3. The number of aryl methyl sites for hydroxylation is 1. The molecule has 1 aliphatic heterocycles. The van der Waals surface area contributed by atoms with Gasteiger partial charge in [-0.2, -0.15) is 0 Å². The van der Waals surface area contributed by atoms with Crippen LogP contribution in [0.2, 0.25) is 0 Å². The molecule has 2 heterocycles. The van der Waals surface area contributed by atoms with Crippen molar-refractivity contribution < 1.29 is 4.74 Å². The lowest BCUT2D eigenvalue weighted by Gasteiger charge is -2.24. The number of pyridine rings is 1. The van der Waals surface area contributed by atoms with Crippen LogP contribution in [-0.4, -0.2) is 24.2 Å². The zero-order valence-corrected chi connectivity index (χ0v) is 11.0. The number of hydrogen-bond donors (Lipinski definition) is 1. The lowest BCUT2D eigenvalue weighted by Crippen LogP contribution is -2.34. The predicted octanol–water partition coefficient (Wildman–Crippen LogP) is 2.64. The normalized spacial score (nSPS) is 17.4. The maximum atomic E-state index is 6.05. The quantitative estimate of drug-likeness (QED) is 0.873. The van der Waals surface area contributed by atoms with E-state index < -0.39 is 0 Å². The van der Waals surface area contributed by atoms with Gasteiger partial charge in [0.2, 0.25) is 0 Å². The summed E-state index contributed by atoms with van der Waals surface area (Å²) < 4.78 is 6.05. The Bertz CT molecular complexity index is 370. The molecule has 0 saturated carbocycles. The van der Waals surface area contributed by atoms with Gasteiger partial charge in [0.25, 0.3) is 0 Å². The minimum atomic E-state index is 0.359. The molecule has 0 radical (unpaired) electrons. The van der Waals surface area contributed by atoms with Gasteiger partial charge in [-0.15, -0.1) is 0 Å². The highest BCUT2D eigenvalue weighted by Gasteiger charge is 2.15. The Hall–Kier alpha value is -1.09. The van der Waals surface area contributed by atoms with Gasteiger partial charge in [-0.1, -0.05) is 13.8 Å². The molecule has 1 aromatic heterocycles. The second-order valence-corrected chi connectivity index (χ2v) is 5.09. The molecule has 0 aromatic carbocycles. The fraction of sp³-hybridized carbons (Fsp3) is 0.643. The summed E-state index contributed by atoms with van der Waals surface area (Å²) in [5.74, 6) is 1.43. The van der Waals surface area contributed by atoms with Gasteiger partial charge in [0.1, 0.15) is 11.9 Å². The largest absolute Gasteiger partial charge is 0.490 e. The van der Waals surface area contributed by atoms with Crippen LogP contribution in [0.4, 0.5) is 0 Å². The fourth-order valence-corrected chi connectivity index (χ4v) is 2.13. The highest BCUT2D eigenvalue weighted by molar-refractivity contribution is 5.28. The summed E-state index contributed by atoms with van der Waals surface area (Å²) in [7, 11) is 0. The van der Waals surface area contributed by atoms with Crippen LogP contribution in [0.1, 0.15) is 44.0 Å². The Morgan fingerprint density at radius 2 is 2.00 bits per heavy atom. The van der Waals surface area contributed by atoms with Gasteiger partial charge in [-0.3, -0.25) is 4.98 Å². The maximum Gasteiger partial charge on any atom is 0.123 e. The second kappa shape index (κ2) is 5.50. The second-order valence-electron chi connectivity index (χ2n) is 5.09. The van der Waals surface area contributed by atoms with E-state index in [9.17, 15) is 0 Å². The molecule has 0 unspecified atom stereocenters. The van der Waals surface area contributed by atoms with Crippen LogP contribution in [0.3, 0.4) is 0 Å². The minimum Gasteiger partial charge on any atom is -0.490 e. The molecule has 0 aliphatic carbocycles. The third-order valence-electron chi connectivity index (χ3n) is 3.13. The van der Waals surface area contributed by atoms with Crippen molar-refractivity contribution in [2.45, 2.75) is 45.6 Å². The van der Waals surface area contributed by atoms with Crippen molar-refractivity contribution in [1.82, 2.24) is 10.3 Å². The summed E-state index contributed by atoms with van der Waals surface area (Å²) in [5.41, 5.74) is 2.16. The Balaban J connectivity index is 2.09. The van der Waals surface area contributed by atoms with Crippen molar-refractivity contribution in [2.24, 2.45) is 0 Å². The fourth-order valence-electron chi connectivity index (χ4n) is 2.13. The summed E-state index contributed by atoms with van der Waals surface area (Å²) in [6.07, 6.45) is 2.55. The topological polar surface area (TPSA) is 34.1 Å². The average Bonchev–Trinajstić information content (AvgIpc) is 2.29. The van der Waals surface area contributed by atoms with E-state index in [-0.39, 0.29) is 0 Å². The summed E-state index contributed by atoms with van der Waals surface area (Å²) in [4.78, 5) is 4.53. The van der Waals surface area contributed by atoms with E-state index in [1.54, 1.807) is 0 Å². The lowest BCUT2D eigenvalue weighted by atomic mass is 10.1. The predicted molar refractivity (Wildman–Crippen MR) is 69.6 cm³/mol. The molecule has 1 aliphatic rings. The summed E-state index contributed by atoms with van der Waals surface area (Å²) in [5, 5.41) is 3.35. The van der Waals surface area contributed by atoms with Crippen molar-refractivity contribution >= 4 is 0 Å². The number of ether oxygens (including phenoxy) is 1. The van der Waals surface area contributed by atoms with E-state index in [0.717, 1.165) is 43.1 Å². The monoisotopic (exact) mass is 234 g/mol. The van der Waals surface area contributed by atoms with Crippen LogP contribution in [-0.2, 0) is 0 Å². The molecule has 0 atom stereocenters. The van der Waals surface area contributed by atoms with Gasteiger partial charge in [-0.25, -0.2) is 0 Å². The Morgan fingerprint density at radius 1 is 1.29 bits per heavy atom. The first-order valence-corrected chi connectivity index (χ1v) is 6.51. The van der Waals surface area contributed by atoms with Crippen molar-refractivity contribution in [3.05, 3.63) is 23.5 Å². The molecule has 3 heteroatoms. The molecule has 17 heavy (non-hydrogen) atoms. The van der Waals surface area contributed by atoms with Crippen LogP contribution in [0.5, 0.6) is 5.75 Å². The lowest BCUT2D eigenvalue weighted by molar-refractivity contribution is 0.162. The Labute approximate surface area is 104 Å². The van der Waals surface area contributed by atoms with Gasteiger partial charge in [0.15, 0.2) is 0 Å². The molecule has 1 fully saturated rings. The average molecular weight is 234 g/mol. The van der Waals surface area contributed by atoms with Gasteiger partial charge in [0.05, 0.1) is 0 Å². The number of nitrogens with zero attached hydrogens (tertiary/aromatic N) is 1. The van der Waals surface area contributed by atoms with Crippen molar-refractivity contribution in [2.75, 3.05) is 13.1 Å². The summed E-state index contributed by atoms with van der Waals surface area (Å²) in [6.45, 7) is 8.48. The number of hydrogen-bond acceptors (Lipinski definition) is 3. The van der Waals surface area contributed by atoms with Gasteiger partial charge in [-0.05, 0) is 38.8 Å². The smallest absolute Gasteiger partial charge is 0.123 e. The number of nitrogens with one attached hydrogen (secondary N) is 1. The van der Waals surface area contributed by atoms with Crippen LogP contribution >= 0.6 is 0 Å². The number of aromatic nitrogens is 1. The van der Waals surface area contributed by atoms with E-state index in [4.69, 9.17) is 4.74 Å². The van der Waals surface area contributed by atoms with Gasteiger partial charge < -0.3 is 10.1 Å². The molecule has 1 aromatic rings. The molecule has 1 N–H and O–H groups in total. The van der Waals surface area contributed by atoms with E-state index >= 15 is 0 Å². The maximum absolute atomic E-state index is 6.05. The van der Waals surface area contributed by atoms with Crippen LogP contribution in [0.25, 0.3) is 0 Å². The first-order valence-electron chi connectivity index (χ1n) is 6.51. The molecule has 0 amide bonds. The molecule has 0 spiro atoms. The van der Waals surface area contributed by atoms with Crippen molar-refractivity contribution in [3.63, 3.8) is 0 Å². The first-order chi connectivity index (χ1) is 8.15. The first kappa shape index (κ1) is 12.4. The highest BCUT2D eigenvalue weighted by Crippen LogP contribution is 2.22. The van der Waals surface area contributed by atoms with E-state index in [2.05, 4.69) is 30.2 Å². The highest BCUT2D eigenvalue weighted by atomic mass is 16.5. The van der Waals surface area contributed by atoms with Crippen molar-refractivity contribution in [3.8, 4) is 5.75 Å². The molecule has 94 valence electrons.